The van der Waals surface area contributed by atoms with Gasteiger partial charge in [-0.15, -0.1) is 11.8 Å². The van der Waals surface area contributed by atoms with Gasteiger partial charge in [-0.2, -0.15) is 4.98 Å². The van der Waals surface area contributed by atoms with Crippen LogP contribution in [0.25, 0.3) is 22.0 Å². The number of thioether (sulfide) groups is 1. The van der Waals surface area contributed by atoms with E-state index in [0.717, 1.165) is 36.7 Å². The number of hydrogen-bond acceptors (Lipinski definition) is 8. The van der Waals surface area contributed by atoms with Gasteiger partial charge in [0, 0.05) is 52.9 Å². The van der Waals surface area contributed by atoms with Crippen LogP contribution in [0.15, 0.2) is 27.9 Å². The molecule has 0 spiro atoms. The highest BCUT2D eigenvalue weighted by Crippen LogP contribution is 2.45. The van der Waals surface area contributed by atoms with Crippen molar-refractivity contribution in [2.45, 2.75) is 90.6 Å². The molecule has 1 fully saturated rings. The molecule has 2 aliphatic heterocycles. The van der Waals surface area contributed by atoms with Gasteiger partial charge in [0.15, 0.2) is 0 Å². The number of ether oxygens (including phenoxy) is 2. The molecule has 5 rings (SSSR count). The molecule has 3 atom stereocenters. The highest BCUT2D eigenvalue weighted by atomic mass is 35.5. The van der Waals surface area contributed by atoms with Crippen LogP contribution in [0.5, 0.6) is 0 Å². The van der Waals surface area contributed by atoms with Gasteiger partial charge in [0.1, 0.15) is 23.1 Å². The summed E-state index contributed by atoms with van der Waals surface area (Å²) in [5, 5.41) is 0.550. The Labute approximate surface area is 290 Å². The van der Waals surface area contributed by atoms with Crippen molar-refractivity contribution in [1.29, 1.82) is 0 Å². The Morgan fingerprint density at radius 1 is 1.08 bits per heavy atom. The van der Waals surface area contributed by atoms with E-state index >= 15 is 4.39 Å². The molecule has 9 nitrogen and oxygen atoms in total. The third kappa shape index (κ3) is 7.46. The number of likely N-dealkylation sites (N-methyl/N-ethyl adjacent to an activating group) is 1. The number of hydrogen-bond donors (Lipinski definition) is 0. The SMILES string of the molecule is CCN(CC)CCO[C@@H]1CSc2c(-c3cc(Cl)c(F)cc3F)c(C)cc3c(N4C[C@@H](C)N(C(=O)OC(C)(C)C)[C@@H](C)C4)nc(=O)n(c23)C1. The van der Waals surface area contributed by atoms with Crippen LogP contribution in [0.2, 0.25) is 5.02 Å². The lowest BCUT2D eigenvalue weighted by Crippen LogP contribution is -2.59. The number of carbonyl (C=O) groups is 1. The number of rotatable bonds is 8. The van der Waals surface area contributed by atoms with Crippen LogP contribution in [0.1, 0.15) is 54.0 Å². The lowest BCUT2D eigenvalue weighted by atomic mass is 9.97. The molecule has 1 saturated heterocycles. The van der Waals surface area contributed by atoms with Crippen molar-refractivity contribution in [3.05, 3.63) is 50.9 Å². The number of benzene rings is 2. The molecule has 48 heavy (non-hydrogen) atoms. The van der Waals surface area contributed by atoms with E-state index in [4.69, 9.17) is 21.1 Å². The van der Waals surface area contributed by atoms with Crippen LogP contribution in [0.3, 0.4) is 0 Å². The molecule has 0 N–H and O–H groups in total. The number of piperazine rings is 1. The zero-order valence-corrected chi connectivity index (χ0v) is 30.6. The Morgan fingerprint density at radius 2 is 1.75 bits per heavy atom. The number of nitrogens with zero attached hydrogens (tertiary/aromatic N) is 5. The monoisotopic (exact) mass is 705 g/mol. The molecular formula is C35H46ClF2N5O4S. The minimum Gasteiger partial charge on any atom is -0.444 e. The molecule has 2 aliphatic rings. The van der Waals surface area contributed by atoms with Gasteiger partial charge in [-0.05, 0) is 72.3 Å². The molecule has 1 aromatic heterocycles. The van der Waals surface area contributed by atoms with Crippen molar-refractivity contribution in [2.75, 3.05) is 50.0 Å². The number of aromatic nitrogens is 2. The average Bonchev–Trinajstić information content (AvgIpc) is 3.18. The van der Waals surface area contributed by atoms with E-state index in [0.29, 0.717) is 47.2 Å². The van der Waals surface area contributed by atoms with Crippen LogP contribution in [0.4, 0.5) is 19.4 Å². The molecule has 2 aromatic carbocycles. The van der Waals surface area contributed by atoms with Gasteiger partial charge in [0.25, 0.3) is 0 Å². The van der Waals surface area contributed by atoms with Crippen LogP contribution in [-0.2, 0) is 16.0 Å². The molecule has 0 unspecified atom stereocenters. The van der Waals surface area contributed by atoms with Gasteiger partial charge >= 0.3 is 11.8 Å². The Bertz CT molecular complexity index is 1730. The average molecular weight is 706 g/mol. The standard InChI is InChI=1S/C35H46ClF2N5O4S/c1-9-40(10-2)11-12-46-23-18-42-30-25(13-20(3)29(31(30)48-19-23)24-14-26(36)28(38)15-27(24)37)32(39-33(42)44)41-16-21(4)43(22(5)17-41)34(45)47-35(6,7)8/h13-15,21-23H,9-12,16-19H2,1-8H3/t21-,22+,23-/m0/s1. The summed E-state index contributed by atoms with van der Waals surface area (Å²) in [5.74, 6) is -0.562. The van der Waals surface area contributed by atoms with Crippen molar-refractivity contribution < 1.29 is 23.0 Å². The summed E-state index contributed by atoms with van der Waals surface area (Å²) in [5.41, 5.74) is 0.995. The maximum Gasteiger partial charge on any atom is 0.410 e. The van der Waals surface area contributed by atoms with Gasteiger partial charge in [-0.3, -0.25) is 9.47 Å². The van der Waals surface area contributed by atoms with Gasteiger partial charge in [-0.25, -0.2) is 18.4 Å². The number of halogens is 3. The summed E-state index contributed by atoms with van der Waals surface area (Å²) >= 11 is 7.67. The fraction of sp³-hybridized carbons (Fsp3) is 0.571. The molecule has 262 valence electrons. The highest BCUT2D eigenvalue weighted by molar-refractivity contribution is 7.99. The minimum absolute atomic E-state index is 0.162. The minimum atomic E-state index is -0.839. The lowest BCUT2D eigenvalue weighted by Gasteiger charge is -2.45. The third-order valence-electron chi connectivity index (χ3n) is 8.95. The number of anilines is 1. The molecule has 0 saturated carbocycles. The first-order valence-corrected chi connectivity index (χ1v) is 18.0. The second-order valence-corrected chi connectivity index (χ2v) is 15.1. The van der Waals surface area contributed by atoms with E-state index in [2.05, 4.69) is 23.7 Å². The summed E-state index contributed by atoms with van der Waals surface area (Å²) in [7, 11) is 0. The summed E-state index contributed by atoms with van der Waals surface area (Å²) in [6.07, 6.45) is -0.689. The van der Waals surface area contributed by atoms with Crippen LogP contribution in [-0.4, -0.2) is 94.3 Å². The van der Waals surface area contributed by atoms with Crippen molar-refractivity contribution in [3.63, 3.8) is 0 Å². The molecular weight excluding hydrogens is 660 g/mol. The largest absolute Gasteiger partial charge is 0.444 e. The molecule has 1 amide bonds. The maximum absolute atomic E-state index is 15.5. The summed E-state index contributed by atoms with van der Waals surface area (Å²) in [6, 6.07) is 3.57. The molecule has 0 radical (unpaired) electrons. The second kappa shape index (κ2) is 14.5. The summed E-state index contributed by atoms with van der Waals surface area (Å²) in [6.45, 7) is 19.7. The predicted octanol–water partition coefficient (Wildman–Crippen LogP) is 6.97. The highest BCUT2D eigenvalue weighted by Gasteiger charge is 2.37. The zero-order chi connectivity index (χ0) is 35.1. The first-order chi connectivity index (χ1) is 22.6. The first kappa shape index (κ1) is 36.4. The molecule has 3 aromatic rings. The van der Waals surface area contributed by atoms with Crippen molar-refractivity contribution >= 4 is 46.2 Å². The van der Waals surface area contributed by atoms with Gasteiger partial charge in [0.05, 0.1) is 41.9 Å². The summed E-state index contributed by atoms with van der Waals surface area (Å²) < 4.78 is 43.4. The van der Waals surface area contributed by atoms with E-state index < -0.39 is 22.9 Å². The molecule has 0 aliphatic carbocycles. The summed E-state index contributed by atoms with van der Waals surface area (Å²) in [4.78, 5) is 38.5. The van der Waals surface area contributed by atoms with Crippen LogP contribution < -0.4 is 10.6 Å². The topological polar surface area (TPSA) is 80.1 Å². The number of amides is 1. The van der Waals surface area contributed by atoms with E-state index in [1.165, 1.54) is 17.8 Å². The van der Waals surface area contributed by atoms with Gasteiger partial charge in [0.2, 0.25) is 0 Å². The van der Waals surface area contributed by atoms with Crippen molar-refractivity contribution in [3.8, 4) is 11.1 Å². The van der Waals surface area contributed by atoms with Gasteiger partial charge < -0.3 is 19.3 Å². The third-order valence-corrected chi connectivity index (χ3v) is 10.5. The number of aryl methyl sites for hydroxylation is 1. The molecule has 13 heteroatoms. The van der Waals surface area contributed by atoms with E-state index in [9.17, 15) is 14.0 Å². The Hall–Kier alpha value is -2.93. The predicted molar refractivity (Wildman–Crippen MR) is 189 cm³/mol. The Morgan fingerprint density at radius 3 is 2.38 bits per heavy atom. The first-order valence-electron chi connectivity index (χ1n) is 16.6. The lowest BCUT2D eigenvalue weighted by molar-refractivity contribution is 0.00561. The Kier molecular flexibility index (Phi) is 11.0. The zero-order valence-electron chi connectivity index (χ0n) is 29.0. The number of carbonyl (C=O) groups excluding carboxylic acids is 1. The van der Waals surface area contributed by atoms with Gasteiger partial charge in [-0.1, -0.05) is 25.4 Å². The molecule has 0 bridgehead atoms. The molecule has 3 heterocycles. The van der Waals surface area contributed by atoms with Crippen molar-refractivity contribution in [1.82, 2.24) is 19.4 Å². The van der Waals surface area contributed by atoms with Crippen LogP contribution in [0, 0.1) is 18.6 Å². The van der Waals surface area contributed by atoms with Crippen molar-refractivity contribution in [2.24, 2.45) is 0 Å². The fourth-order valence-electron chi connectivity index (χ4n) is 6.71. The second-order valence-electron chi connectivity index (χ2n) is 13.7. The van der Waals surface area contributed by atoms with E-state index in [1.54, 1.807) is 9.47 Å². The maximum atomic E-state index is 15.5. The fourth-order valence-corrected chi connectivity index (χ4v) is 8.20. The van der Waals surface area contributed by atoms with E-state index in [1.807, 2.05) is 52.5 Å². The van der Waals surface area contributed by atoms with E-state index in [-0.39, 0.29) is 41.4 Å². The smallest absolute Gasteiger partial charge is 0.410 e. The van der Waals surface area contributed by atoms with Crippen LogP contribution >= 0.6 is 23.4 Å². The normalized spacial score (nSPS) is 20.0. The quantitative estimate of drug-likeness (QED) is 0.233. The Balaban J connectivity index is 1.62.